The van der Waals surface area contributed by atoms with Crippen LogP contribution in [0.1, 0.15) is 40.0 Å². The Morgan fingerprint density at radius 2 is 1.93 bits per heavy atom. The number of fused-ring (bicyclic) bond motifs is 1. The molecule has 1 aromatic rings. The van der Waals surface area contributed by atoms with Crippen molar-refractivity contribution in [2.24, 2.45) is 17.8 Å². The number of nitrogens with one attached hydrogen (secondary N) is 1. The highest BCUT2D eigenvalue weighted by Crippen LogP contribution is 2.61. The van der Waals surface area contributed by atoms with Crippen LogP contribution < -0.4 is 10.2 Å². The molecule has 1 unspecified atom stereocenters. The predicted molar refractivity (Wildman–Crippen MR) is 170 cm³/mol. The first kappa shape index (κ1) is 34.1. The van der Waals surface area contributed by atoms with Crippen molar-refractivity contribution in [1.82, 2.24) is 10.2 Å². The summed E-state index contributed by atoms with van der Waals surface area (Å²) in [6, 6.07) is 4.94. The quantitative estimate of drug-likeness (QED) is 0.173. The zero-order valence-corrected chi connectivity index (χ0v) is 27.6. The number of aliphatic hydroxyl groups is 1. The summed E-state index contributed by atoms with van der Waals surface area (Å²) in [4.78, 5) is 57.5. The minimum atomic E-state index is -1.34. The van der Waals surface area contributed by atoms with Crippen LogP contribution in [0.3, 0.4) is 0 Å². The highest BCUT2D eigenvalue weighted by molar-refractivity contribution is 9.09. The average Bonchev–Trinajstić information content (AvgIpc) is 3.57. The first-order valence-corrected chi connectivity index (χ1v) is 16.2. The molecule has 240 valence electrons. The molecule has 2 bridgehead atoms. The molecule has 44 heavy (non-hydrogen) atoms. The van der Waals surface area contributed by atoms with E-state index in [0.717, 1.165) is 0 Å². The monoisotopic (exact) mass is 693 g/mol. The Labute approximate surface area is 271 Å². The summed E-state index contributed by atoms with van der Waals surface area (Å²) in [7, 11) is 0. The molecule has 3 amide bonds. The van der Waals surface area contributed by atoms with Crippen LogP contribution in [0.15, 0.2) is 49.6 Å². The summed E-state index contributed by atoms with van der Waals surface area (Å²) in [5.41, 5.74) is -0.785. The Morgan fingerprint density at radius 3 is 2.52 bits per heavy atom. The molecule has 2 N–H and O–H groups in total. The van der Waals surface area contributed by atoms with Gasteiger partial charge in [-0.05, 0) is 49.9 Å². The number of hydrogen-bond acceptors (Lipinski definition) is 7. The van der Waals surface area contributed by atoms with Gasteiger partial charge in [-0.25, -0.2) is 0 Å². The van der Waals surface area contributed by atoms with Crippen molar-refractivity contribution < 1.29 is 33.8 Å². The standard InChI is InChI=1S/C32H41BrClN3O7/c1-6-8-9-24(39)35-16-19(5)43-31(42)25-26-29(40)37(23(17-38)18(3)4)28(32(26)15-22(33)27(25)44-32)30(41)36(14-7-2)21-12-10-20(34)11-13-21/h6-7,10-13,18-19,22-23,25-28,38H,1-2,8-9,14-17H2,3-5H3,(H,35,39)/t19-,22?,23+,25-,26+,27-,28-,32+/m1/s1. The fourth-order valence-electron chi connectivity index (χ4n) is 6.71. The lowest BCUT2D eigenvalue weighted by Crippen LogP contribution is -2.60. The van der Waals surface area contributed by atoms with E-state index in [4.69, 9.17) is 21.1 Å². The van der Waals surface area contributed by atoms with E-state index in [-0.39, 0.29) is 42.8 Å². The largest absolute Gasteiger partial charge is 0.460 e. The van der Waals surface area contributed by atoms with E-state index in [2.05, 4.69) is 34.4 Å². The number of likely N-dealkylation sites (tertiary alicyclic amines) is 1. The number of rotatable bonds is 14. The van der Waals surface area contributed by atoms with Crippen LogP contribution in [0, 0.1) is 17.8 Å². The summed E-state index contributed by atoms with van der Waals surface area (Å²) in [6.07, 6.45) is 2.97. The molecule has 0 aliphatic carbocycles. The Kier molecular flexibility index (Phi) is 11.0. The SMILES string of the molecule is C=CCCC(=O)NC[C@@H](C)OC(=O)[C@H]1[C@@H]2O[C@@]3(CC2Br)[C@@H]1C(=O)N([C@@H](CO)C(C)C)[C@@H]3C(=O)N(CC=C)c1ccc(Cl)cc1. The van der Waals surface area contributed by atoms with Crippen LogP contribution in [0.2, 0.25) is 5.02 Å². The average molecular weight is 695 g/mol. The van der Waals surface area contributed by atoms with Crippen LogP contribution in [0.25, 0.3) is 0 Å². The Bertz CT molecular complexity index is 1280. The van der Waals surface area contributed by atoms with Gasteiger partial charge in [0.1, 0.15) is 17.7 Å². The number of hydrogen-bond donors (Lipinski definition) is 2. The predicted octanol–water partition coefficient (Wildman–Crippen LogP) is 3.64. The first-order chi connectivity index (χ1) is 20.9. The summed E-state index contributed by atoms with van der Waals surface area (Å²) in [5, 5.41) is 13.7. The topological polar surface area (TPSA) is 125 Å². The van der Waals surface area contributed by atoms with E-state index < -0.39 is 59.5 Å². The van der Waals surface area contributed by atoms with Crippen molar-refractivity contribution >= 4 is 56.9 Å². The van der Waals surface area contributed by atoms with Crippen molar-refractivity contribution in [1.29, 1.82) is 0 Å². The number of aliphatic hydroxyl groups excluding tert-OH is 1. The van der Waals surface area contributed by atoms with E-state index in [1.165, 1.54) is 9.80 Å². The number of alkyl halides is 1. The lowest BCUT2D eigenvalue weighted by atomic mass is 9.70. The van der Waals surface area contributed by atoms with Gasteiger partial charge in [0.15, 0.2) is 0 Å². The van der Waals surface area contributed by atoms with Gasteiger partial charge < -0.3 is 29.7 Å². The smallest absolute Gasteiger partial charge is 0.312 e. The number of anilines is 1. The van der Waals surface area contributed by atoms with Gasteiger partial charge in [-0.15, -0.1) is 13.2 Å². The first-order valence-electron chi connectivity index (χ1n) is 14.9. The fraction of sp³-hybridized carbons (Fsp3) is 0.562. The molecule has 4 rings (SSSR count). The number of carbonyl (C=O) groups is 4. The zero-order chi connectivity index (χ0) is 32.3. The minimum absolute atomic E-state index is 0.103. The fourth-order valence-corrected chi connectivity index (χ4v) is 7.78. The third-order valence-corrected chi connectivity index (χ3v) is 9.84. The van der Waals surface area contributed by atoms with Gasteiger partial charge in [-0.2, -0.15) is 0 Å². The highest BCUT2D eigenvalue weighted by atomic mass is 79.9. The number of amides is 3. The summed E-state index contributed by atoms with van der Waals surface area (Å²) >= 11 is 9.78. The third kappa shape index (κ3) is 6.34. The van der Waals surface area contributed by atoms with E-state index in [9.17, 15) is 24.3 Å². The van der Waals surface area contributed by atoms with Crippen LogP contribution in [0.5, 0.6) is 0 Å². The van der Waals surface area contributed by atoms with Crippen LogP contribution in [-0.2, 0) is 28.7 Å². The Hall–Kier alpha value is -2.73. The van der Waals surface area contributed by atoms with Crippen LogP contribution in [-0.4, -0.2) is 88.1 Å². The molecule has 3 saturated heterocycles. The van der Waals surface area contributed by atoms with Gasteiger partial charge >= 0.3 is 5.97 Å². The summed E-state index contributed by atoms with van der Waals surface area (Å²) in [5.74, 6) is -3.86. The lowest BCUT2D eigenvalue weighted by Gasteiger charge is -2.40. The van der Waals surface area contributed by atoms with Crippen molar-refractivity contribution in [2.45, 2.75) is 74.8 Å². The van der Waals surface area contributed by atoms with Gasteiger partial charge in [0.25, 0.3) is 5.91 Å². The molecular weight excluding hydrogens is 654 g/mol. The van der Waals surface area contributed by atoms with Gasteiger partial charge in [-0.3, -0.25) is 19.2 Å². The Morgan fingerprint density at radius 1 is 1.25 bits per heavy atom. The van der Waals surface area contributed by atoms with Gasteiger partial charge in [-0.1, -0.05) is 53.5 Å². The molecule has 0 aromatic heterocycles. The lowest BCUT2D eigenvalue weighted by molar-refractivity contribution is -0.159. The van der Waals surface area contributed by atoms with Crippen molar-refractivity contribution in [3.63, 3.8) is 0 Å². The molecule has 12 heteroatoms. The molecule has 3 fully saturated rings. The molecule has 8 atom stereocenters. The molecule has 1 spiro atoms. The molecule has 3 aliphatic heterocycles. The maximum absolute atomic E-state index is 14.6. The van der Waals surface area contributed by atoms with Gasteiger partial charge in [0.05, 0.1) is 37.1 Å². The van der Waals surface area contributed by atoms with E-state index >= 15 is 0 Å². The number of esters is 1. The van der Waals surface area contributed by atoms with E-state index in [1.54, 1.807) is 43.3 Å². The number of halogens is 2. The second-order valence-corrected chi connectivity index (χ2v) is 13.6. The summed E-state index contributed by atoms with van der Waals surface area (Å²) < 4.78 is 12.3. The van der Waals surface area contributed by atoms with Crippen molar-refractivity contribution in [2.75, 3.05) is 24.6 Å². The molecule has 3 heterocycles. The van der Waals surface area contributed by atoms with Crippen molar-refractivity contribution in [3.8, 4) is 0 Å². The molecule has 0 radical (unpaired) electrons. The Balaban J connectivity index is 1.69. The molecule has 3 aliphatic rings. The highest BCUT2D eigenvalue weighted by Gasteiger charge is 2.77. The van der Waals surface area contributed by atoms with E-state index in [0.29, 0.717) is 23.6 Å². The minimum Gasteiger partial charge on any atom is -0.460 e. The summed E-state index contributed by atoms with van der Waals surface area (Å²) in [6.45, 7) is 12.7. The number of benzene rings is 1. The number of ether oxygens (including phenoxy) is 2. The number of allylic oxidation sites excluding steroid dienone is 1. The maximum atomic E-state index is 14.6. The zero-order valence-electron chi connectivity index (χ0n) is 25.3. The van der Waals surface area contributed by atoms with Gasteiger partial charge in [0, 0.05) is 28.5 Å². The normalized spacial score (nSPS) is 28.4. The molecule has 0 saturated carbocycles. The number of nitrogens with zero attached hydrogens (tertiary/aromatic N) is 2. The third-order valence-electron chi connectivity index (χ3n) is 8.74. The van der Waals surface area contributed by atoms with E-state index in [1.807, 2.05) is 13.8 Å². The number of carbonyl (C=O) groups excluding carboxylic acids is 4. The second kappa shape index (κ2) is 14.1. The molecule has 10 nitrogen and oxygen atoms in total. The maximum Gasteiger partial charge on any atom is 0.312 e. The molecule has 1 aromatic carbocycles. The molecular formula is C32H41BrClN3O7. The van der Waals surface area contributed by atoms with Crippen LogP contribution >= 0.6 is 27.5 Å². The second-order valence-electron chi connectivity index (χ2n) is 12.0. The van der Waals surface area contributed by atoms with Crippen molar-refractivity contribution in [3.05, 3.63) is 54.6 Å². The van der Waals surface area contributed by atoms with Crippen LogP contribution in [0.4, 0.5) is 5.69 Å². The van der Waals surface area contributed by atoms with Gasteiger partial charge in [0.2, 0.25) is 11.8 Å².